The van der Waals surface area contributed by atoms with Crippen LogP contribution in [0.3, 0.4) is 0 Å². The average Bonchev–Trinajstić information content (AvgIpc) is 2.92. The van der Waals surface area contributed by atoms with Crippen LogP contribution in [0.1, 0.15) is 33.6 Å². The maximum absolute atomic E-state index is 12.8. The summed E-state index contributed by atoms with van der Waals surface area (Å²) in [6.45, 7) is 4.86. The Balaban J connectivity index is 2.63. The largest absolute Gasteiger partial charge is 0.598 e. The van der Waals surface area contributed by atoms with Crippen molar-refractivity contribution in [3.05, 3.63) is 0 Å². The lowest BCUT2D eigenvalue weighted by atomic mass is 9.99. The summed E-state index contributed by atoms with van der Waals surface area (Å²) in [5.74, 6) is 0. The zero-order chi connectivity index (χ0) is 12.6. The second-order valence-corrected chi connectivity index (χ2v) is 7.27. The molecule has 96 valence electrons. The van der Waals surface area contributed by atoms with Gasteiger partial charge in [0, 0.05) is 11.4 Å². The van der Waals surface area contributed by atoms with Gasteiger partial charge in [0.1, 0.15) is 4.75 Å². The van der Waals surface area contributed by atoms with Gasteiger partial charge >= 0.3 is 0 Å². The maximum Gasteiger partial charge on any atom is 0.245 e. The molecule has 2 atom stereocenters. The van der Waals surface area contributed by atoms with E-state index in [-0.39, 0.29) is 0 Å². The van der Waals surface area contributed by atoms with Crippen LogP contribution in [0.5, 0.6) is 0 Å². The molecule has 1 unspecified atom stereocenters. The number of halogens is 2. The molecular weight excluding hydrogens is 236 g/mol. The molecule has 1 fully saturated rings. The summed E-state index contributed by atoms with van der Waals surface area (Å²) < 4.78 is 39.5. The molecule has 0 amide bonds. The van der Waals surface area contributed by atoms with E-state index in [4.69, 9.17) is 5.11 Å². The monoisotopic (exact) mass is 255 g/mol. The van der Waals surface area contributed by atoms with E-state index in [9.17, 15) is 13.3 Å². The van der Waals surface area contributed by atoms with Gasteiger partial charge < -0.3 is 9.66 Å². The molecule has 0 saturated heterocycles. The molecule has 3 nitrogen and oxygen atoms in total. The Morgan fingerprint density at radius 2 is 1.94 bits per heavy atom. The molecule has 0 heterocycles. The first-order valence-electron chi connectivity index (χ1n) is 5.31. The normalized spacial score (nSPS) is 23.2. The number of nitrogens with one attached hydrogen (secondary N) is 1. The molecule has 1 aliphatic carbocycles. The highest BCUT2D eigenvalue weighted by atomic mass is 32.2. The summed E-state index contributed by atoms with van der Waals surface area (Å²) in [6, 6.07) is -0.785. The molecule has 16 heavy (non-hydrogen) atoms. The van der Waals surface area contributed by atoms with Crippen LogP contribution in [-0.2, 0) is 11.4 Å². The van der Waals surface area contributed by atoms with Crippen molar-refractivity contribution in [2.45, 2.75) is 50.8 Å². The second kappa shape index (κ2) is 4.76. The fourth-order valence-corrected chi connectivity index (χ4v) is 2.43. The molecule has 0 aliphatic heterocycles. The Kier molecular flexibility index (Phi) is 4.21. The smallest absolute Gasteiger partial charge is 0.245 e. The van der Waals surface area contributed by atoms with Crippen LogP contribution < -0.4 is 4.72 Å². The summed E-state index contributed by atoms with van der Waals surface area (Å²) in [5, 5.41) is 9.13. The molecule has 2 N–H and O–H groups in total. The minimum absolute atomic E-state index is 0.379. The number of rotatable bonds is 5. The van der Waals surface area contributed by atoms with Crippen LogP contribution in [0.25, 0.3) is 0 Å². The standard InChI is InChI=1S/C10H19F2NO2S/c1-9(2,3)16(15)13-7(6-14)10(4-5-10)8(11)12/h7-8,13-14H,4-6H2,1-3H3/t7-,16?/m1/s1. The summed E-state index contributed by atoms with van der Waals surface area (Å²) in [7, 11) is 0. The minimum atomic E-state index is -2.48. The highest BCUT2D eigenvalue weighted by molar-refractivity contribution is 7.90. The van der Waals surface area contributed by atoms with E-state index in [0.29, 0.717) is 12.8 Å². The lowest BCUT2D eigenvalue weighted by Gasteiger charge is -2.31. The second-order valence-electron chi connectivity index (χ2n) is 5.27. The first-order chi connectivity index (χ1) is 7.24. The van der Waals surface area contributed by atoms with Crippen LogP contribution in [0.2, 0.25) is 0 Å². The molecule has 6 heteroatoms. The highest BCUT2D eigenvalue weighted by Crippen LogP contribution is 2.53. The van der Waals surface area contributed by atoms with E-state index >= 15 is 0 Å². The van der Waals surface area contributed by atoms with Gasteiger partial charge in [-0.3, -0.25) is 0 Å². The van der Waals surface area contributed by atoms with Gasteiger partial charge in [0.2, 0.25) is 6.43 Å². The molecule has 1 rings (SSSR count). The van der Waals surface area contributed by atoms with Crippen LogP contribution in [0.15, 0.2) is 0 Å². The molecule has 0 aromatic carbocycles. The van der Waals surface area contributed by atoms with Crippen LogP contribution in [0.4, 0.5) is 8.78 Å². The molecule has 0 aromatic rings. The predicted molar refractivity (Wildman–Crippen MR) is 59.6 cm³/mol. The van der Waals surface area contributed by atoms with E-state index in [0.717, 1.165) is 0 Å². The van der Waals surface area contributed by atoms with Crippen LogP contribution in [0, 0.1) is 5.41 Å². The van der Waals surface area contributed by atoms with Crippen LogP contribution >= 0.6 is 0 Å². The van der Waals surface area contributed by atoms with E-state index in [1.165, 1.54) is 0 Å². The number of aliphatic hydroxyl groups excluding tert-OH is 1. The molecule has 0 aromatic heterocycles. The van der Waals surface area contributed by atoms with Gasteiger partial charge in [-0.1, -0.05) is 0 Å². The lowest BCUT2D eigenvalue weighted by Crippen LogP contribution is -2.51. The zero-order valence-electron chi connectivity index (χ0n) is 9.80. The van der Waals surface area contributed by atoms with Gasteiger partial charge in [-0.2, -0.15) is 0 Å². The van der Waals surface area contributed by atoms with E-state index in [2.05, 4.69) is 4.72 Å². The number of aliphatic hydroxyl groups is 1. The summed E-state index contributed by atoms with van der Waals surface area (Å²) in [5.41, 5.74) is -1.17. The zero-order valence-corrected chi connectivity index (χ0v) is 10.6. The molecule has 0 spiro atoms. The molecule has 0 bridgehead atoms. The van der Waals surface area contributed by atoms with Gasteiger partial charge in [-0.25, -0.2) is 8.78 Å². The van der Waals surface area contributed by atoms with E-state index in [1.807, 2.05) is 0 Å². The summed E-state index contributed by atoms with van der Waals surface area (Å²) in [4.78, 5) is 0. The third kappa shape index (κ3) is 2.85. The summed E-state index contributed by atoms with van der Waals surface area (Å²) in [6.07, 6.45) is -1.72. The van der Waals surface area contributed by atoms with Crippen LogP contribution in [-0.4, -0.2) is 33.5 Å². The lowest BCUT2D eigenvalue weighted by molar-refractivity contribution is 0.0279. The molecule has 1 aliphatic rings. The Labute approximate surface area is 97.9 Å². The molecule has 0 radical (unpaired) electrons. The van der Waals surface area contributed by atoms with Crippen molar-refractivity contribution in [2.75, 3.05) is 6.61 Å². The number of hydrogen-bond acceptors (Lipinski definition) is 3. The van der Waals surface area contributed by atoms with Crippen molar-refractivity contribution < 1.29 is 18.4 Å². The molecular formula is C10H19F2NO2S. The van der Waals surface area contributed by atoms with E-state index < -0.39 is 40.6 Å². The number of alkyl halides is 2. The Bertz CT molecular complexity index is 241. The SMILES string of the molecule is CC(C)(C)[S+]([O-])N[C@H](CO)C1(C(F)F)CC1. The predicted octanol–water partition coefficient (Wildman–Crippen LogP) is 1.44. The third-order valence-corrected chi connectivity index (χ3v) is 4.55. The van der Waals surface area contributed by atoms with Gasteiger partial charge in [-0.05, 0) is 33.6 Å². The van der Waals surface area contributed by atoms with Gasteiger partial charge in [-0.15, -0.1) is 4.72 Å². The highest BCUT2D eigenvalue weighted by Gasteiger charge is 2.58. The van der Waals surface area contributed by atoms with Crippen molar-refractivity contribution in [1.29, 1.82) is 0 Å². The maximum atomic E-state index is 12.8. The fourth-order valence-electron chi connectivity index (χ4n) is 1.51. The van der Waals surface area contributed by atoms with Crippen molar-refractivity contribution in [3.8, 4) is 0 Å². The topological polar surface area (TPSA) is 55.3 Å². The van der Waals surface area contributed by atoms with E-state index in [1.54, 1.807) is 20.8 Å². The Hall–Kier alpha value is 0.0900. The Morgan fingerprint density at radius 1 is 1.44 bits per heavy atom. The van der Waals surface area contributed by atoms with Crippen molar-refractivity contribution >= 4 is 11.4 Å². The van der Waals surface area contributed by atoms with Gasteiger partial charge in [0.05, 0.1) is 18.1 Å². The number of hydrogen-bond donors (Lipinski definition) is 2. The van der Waals surface area contributed by atoms with Crippen molar-refractivity contribution in [1.82, 2.24) is 4.72 Å². The summed E-state index contributed by atoms with van der Waals surface area (Å²) >= 11 is -1.43. The quantitative estimate of drug-likeness (QED) is 0.731. The van der Waals surface area contributed by atoms with Gasteiger partial charge in [0.25, 0.3) is 0 Å². The first-order valence-corrected chi connectivity index (χ1v) is 6.46. The third-order valence-electron chi connectivity index (χ3n) is 2.94. The van der Waals surface area contributed by atoms with Crippen molar-refractivity contribution in [2.24, 2.45) is 5.41 Å². The first kappa shape index (κ1) is 14.2. The van der Waals surface area contributed by atoms with Crippen molar-refractivity contribution in [3.63, 3.8) is 0 Å². The average molecular weight is 255 g/mol. The molecule has 1 saturated carbocycles. The van der Waals surface area contributed by atoms with Gasteiger partial charge in [0.15, 0.2) is 0 Å². The fraction of sp³-hybridized carbons (Fsp3) is 1.00. The Morgan fingerprint density at radius 3 is 2.19 bits per heavy atom. The minimum Gasteiger partial charge on any atom is -0.598 e.